The minimum atomic E-state index is 0.330. The van der Waals surface area contributed by atoms with Crippen LogP contribution in [0.25, 0.3) is 22.2 Å². The molecule has 0 atom stereocenters. The van der Waals surface area contributed by atoms with E-state index >= 15 is 0 Å². The maximum Gasteiger partial charge on any atom is 0.226 e. The van der Waals surface area contributed by atoms with Crippen LogP contribution in [0.4, 0.5) is 0 Å². The summed E-state index contributed by atoms with van der Waals surface area (Å²) >= 11 is 3.63. The first kappa shape index (κ1) is 16.7. The molecule has 1 heterocycles. The molecular weight excluding hydrogens is 394 g/mol. The number of ether oxygens (including phenoxy) is 2. The third kappa shape index (κ3) is 3.30. The second kappa shape index (κ2) is 7.22. The summed E-state index contributed by atoms with van der Waals surface area (Å²) in [5, 5.41) is 2.28. The van der Waals surface area contributed by atoms with E-state index in [1.165, 1.54) is 0 Å². The summed E-state index contributed by atoms with van der Waals surface area (Å²) in [6.45, 7) is 0.330. The maximum absolute atomic E-state index is 5.93. The zero-order valence-corrected chi connectivity index (χ0v) is 15.7. The van der Waals surface area contributed by atoms with Crippen LogP contribution in [-0.4, -0.2) is 12.1 Å². The second-order valence-corrected chi connectivity index (χ2v) is 6.55. The Morgan fingerprint density at radius 1 is 1.00 bits per heavy atom. The SMILES string of the molecule is COc1ccc(-c2nc(COc3ccc4ccccc4c3Br)co2)cc1. The molecule has 4 rings (SSSR count). The van der Waals surface area contributed by atoms with E-state index in [9.17, 15) is 0 Å². The van der Waals surface area contributed by atoms with E-state index in [0.717, 1.165) is 38.0 Å². The third-order valence-corrected chi connectivity index (χ3v) is 4.91. The highest BCUT2D eigenvalue weighted by atomic mass is 79.9. The Hall–Kier alpha value is -2.79. The Morgan fingerprint density at radius 2 is 1.81 bits per heavy atom. The fourth-order valence-electron chi connectivity index (χ4n) is 2.72. The van der Waals surface area contributed by atoms with Gasteiger partial charge in [0.25, 0.3) is 0 Å². The minimum absolute atomic E-state index is 0.330. The summed E-state index contributed by atoms with van der Waals surface area (Å²) in [6.07, 6.45) is 1.62. The van der Waals surface area contributed by atoms with Crippen LogP contribution in [0, 0.1) is 0 Å². The van der Waals surface area contributed by atoms with Crippen molar-refractivity contribution in [1.82, 2.24) is 4.98 Å². The average Bonchev–Trinajstić information content (AvgIpc) is 3.17. The number of benzene rings is 3. The summed E-state index contributed by atoms with van der Waals surface area (Å²) in [6, 6.07) is 19.7. The average molecular weight is 410 g/mol. The van der Waals surface area contributed by atoms with Crippen molar-refractivity contribution in [1.29, 1.82) is 0 Å². The lowest BCUT2D eigenvalue weighted by molar-refractivity contribution is 0.299. The summed E-state index contributed by atoms with van der Waals surface area (Å²) in [5.41, 5.74) is 1.62. The normalized spacial score (nSPS) is 10.8. The van der Waals surface area contributed by atoms with Gasteiger partial charge >= 0.3 is 0 Å². The van der Waals surface area contributed by atoms with Gasteiger partial charge in [-0.15, -0.1) is 0 Å². The van der Waals surface area contributed by atoms with Crippen molar-refractivity contribution in [2.45, 2.75) is 6.61 Å². The Kier molecular flexibility index (Phi) is 4.63. The number of nitrogens with zero attached hydrogens (tertiary/aromatic N) is 1. The smallest absolute Gasteiger partial charge is 0.226 e. The van der Waals surface area contributed by atoms with Crippen LogP contribution < -0.4 is 9.47 Å². The molecule has 0 amide bonds. The van der Waals surface area contributed by atoms with E-state index < -0.39 is 0 Å². The van der Waals surface area contributed by atoms with Gasteiger partial charge < -0.3 is 13.9 Å². The zero-order chi connectivity index (χ0) is 17.9. The van der Waals surface area contributed by atoms with Crippen LogP contribution in [-0.2, 0) is 6.61 Å². The monoisotopic (exact) mass is 409 g/mol. The van der Waals surface area contributed by atoms with E-state index in [0.29, 0.717) is 12.5 Å². The predicted molar refractivity (Wildman–Crippen MR) is 104 cm³/mol. The van der Waals surface area contributed by atoms with E-state index in [2.05, 4.69) is 33.0 Å². The molecule has 4 aromatic rings. The number of oxazole rings is 1. The molecule has 0 fully saturated rings. The van der Waals surface area contributed by atoms with Crippen molar-refractivity contribution in [2.24, 2.45) is 0 Å². The Bertz CT molecular complexity index is 1040. The van der Waals surface area contributed by atoms with Crippen LogP contribution in [0.5, 0.6) is 11.5 Å². The van der Waals surface area contributed by atoms with Crippen molar-refractivity contribution in [3.8, 4) is 23.0 Å². The van der Waals surface area contributed by atoms with Crippen molar-refractivity contribution in [3.63, 3.8) is 0 Å². The highest BCUT2D eigenvalue weighted by molar-refractivity contribution is 9.10. The molecule has 0 aliphatic heterocycles. The van der Waals surface area contributed by atoms with Crippen LogP contribution >= 0.6 is 15.9 Å². The number of methoxy groups -OCH3 is 1. The molecule has 1 aromatic heterocycles. The topological polar surface area (TPSA) is 44.5 Å². The van der Waals surface area contributed by atoms with Crippen molar-refractivity contribution in [2.75, 3.05) is 7.11 Å². The Labute approximate surface area is 159 Å². The third-order valence-electron chi connectivity index (χ3n) is 4.09. The lowest BCUT2D eigenvalue weighted by Crippen LogP contribution is -1.96. The first-order valence-corrected chi connectivity index (χ1v) is 8.93. The molecule has 0 spiro atoms. The molecule has 4 nitrogen and oxygen atoms in total. The first-order chi connectivity index (χ1) is 12.7. The van der Waals surface area contributed by atoms with Gasteiger partial charge in [-0.2, -0.15) is 0 Å². The van der Waals surface area contributed by atoms with Gasteiger partial charge in [0.15, 0.2) is 0 Å². The summed E-state index contributed by atoms with van der Waals surface area (Å²) in [5.74, 6) is 2.13. The largest absolute Gasteiger partial charge is 0.497 e. The van der Waals surface area contributed by atoms with Gasteiger partial charge in [-0.1, -0.05) is 30.3 Å². The summed E-state index contributed by atoms with van der Waals surface area (Å²) < 4.78 is 17.6. The fourth-order valence-corrected chi connectivity index (χ4v) is 3.32. The number of hydrogen-bond acceptors (Lipinski definition) is 4. The summed E-state index contributed by atoms with van der Waals surface area (Å²) in [7, 11) is 1.64. The molecule has 0 aliphatic carbocycles. The number of rotatable bonds is 5. The maximum atomic E-state index is 5.93. The zero-order valence-electron chi connectivity index (χ0n) is 14.1. The van der Waals surface area contributed by atoms with Crippen molar-refractivity contribution in [3.05, 3.63) is 77.1 Å². The summed E-state index contributed by atoms with van der Waals surface area (Å²) in [4.78, 5) is 4.50. The number of halogens is 1. The van der Waals surface area contributed by atoms with Gasteiger partial charge in [0.1, 0.15) is 30.1 Å². The van der Waals surface area contributed by atoms with Crippen LogP contribution in [0.1, 0.15) is 5.69 Å². The standard InChI is InChI=1S/C21H16BrNO3/c1-24-17-9-6-15(7-10-17)21-23-16(13-26-21)12-25-19-11-8-14-4-2-3-5-18(14)20(19)22/h2-11,13H,12H2,1H3. The van der Waals surface area contributed by atoms with E-state index in [-0.39, 0.29) is 0 Å². The van der Waals surface area contributed by atoms with E-state index in [1.54, 1.807) is 13.4 Å². The Morgan fingerprint density at radius 3 is 2.62 bits per heavy atom. The molecule has 0 aliphatic rings. The molecular formula is C21H16BrNO3. The molecule has 5 heteroatoms. The molecule has 0 unspecified atom stereocenters. The quantitative estimate of drug-likeness (QED) is 0.414. The van der Waals surface area contributed by atoms with E-state index in [1.807, 2.05) is 48.5 Å². The lowest BCUT2D eigenvalue weighted by atomic mass is 10.1. The number of aromatic nitrogens is 1. The predicted octanol–water partition coefficient (Wildman–Crippen LogP) is 5.84. The lowest BCUT2D eigenvalue weighted by Gasteiger charge is -2.09. The molecule has 0 bridgehead atoms. The molecule has 3 aromatic carbocycles. The van der Waals surface area contributed by atoms with Crippen molar-refractivity contribution < 1.29 is 13.9 Å². The molecule has 0 radical (unpaired) electrons. The number of fused-ring (bicyclic) bond motifs is 1. The van der Waals surface area contributed by atoms with Crippen LogP contribution in [0.3, 0.4) is 0 Å². The van der Waals surface area contributed by atoms with Gasteiger partial charge in [0, 0.05) is 5.56 Å². The number of hydrogen-bond donors (Lipinski definition) is 0. The first-order valence-electron chi connectivity index (χ1n) is 8.13. The van der Waals surface area contributed by atoms with Gasteiger partial charge in [-0.3, -0.25) is 0 Å². The van der Waals surface area contributed by atoms with Crippen LogP contribution in [0.2, 0.25) is 0 Å². The fraction of sp³-hybridized carbons (Fsp3) is 0.0952. The molecule has 0 N–H and O–H groups in total. The molecule has 0 saturated heterocycles. The van der Waals surface area contributed by atoms with Gasteiger partial charge in [-0.25, -0.2) is 4.98 Å². The minimum Gasteiger partial charge on any atom is -0.497 e. The van der Waals surface area contributed by atoms with Gasteiger partial charge in [0.2, 0.25) is 5.89 Å². The van der Waals surface area contributed by atoms with Gasteiger partial charge in [0.05, 0.1) is 11.6 Å². The van der Waals surface area contributed by atoms with E-state index in [4.69, 9.17) is 13.9 Å². The van der Waals surface area contributed by atoms with Crippen molar-refractivity contribution >= 4 is 26.7 Å². The highest BCUT2D eigenvalue weighted by Crippen LogP contribution is 2.33. The molecule has 26 heavy (non-hydrogen) atoms. The Balaban J connectivity index is 1.50. The second-order valence-electron chi connectivity index (χ2n) is 5.76. The molecule has 0 saturated carbocycles. The highest BCUT2D eigenvalue weighted by Gasteiger charge is 2.10. The van der Waals surface area contributed by atoms with Gasteiger partial charge in [-0.05, 0) is 57.0 Å². The molecule has 130 valence electrons. The van der Waals surface area contributed by atoms with Crippen LogP contribution in [0.15, 0.2) is 75.8 Å².